The van der Waals surface area contributed by atoms with Gasteiger partial charge in [0.2, 0.25) is 5.91 Å². The van der Waals surface area contributed by atoms with Crippen molar-refractivity contribution >= 4 is 11.6 Å². The molecule has 0 aromatic heterocycles. The van der Waals surface area contributed by atoms with E-state index in [4.69, 9.17) is 0 Å². The average Bonchev–Trinajstić information content (AvgIpc) is 2.68. The zero-order valence-corrected chi connectivity index (χ0v) is 8.82. The Hall–Kier alpha value is -1.42. The van der Waals surface area contributed by atoms with E-state index in [1.54, 1.807) is 12.1 Å². The summed E-state index contributed by atoms with van der Waals surface area (Å²) in [6.07, 6.45) is 1.57. The molecular formula is C12H14FNO2. The molecule has 86 valence electrons. The highest BCUT2D eigenvalue weighted by atomic mass is 19.1. The Morgan fingerprint density at radius 3 is 2.75 bits per heavy atom. The van der Waals surface area contributed by atoms with E-state index in [0.29, 0.717) is 12.8 Å². The summed E-state index contributed by atoms with van der Waals surface area (Å²) in [5.74, 6) is -1.15. The van der Waals surface area contributed by atoms with Crippen LogP contribution in [-0.2, 0) is 4.79 Å². The van der Waals surface area contributed by atoms with Crippen LogP contribution in [0.15, 0.2) is 24.3 Å². The van der Waals surface area contributed by atoms with Gasteiger partial charge < -0.3 is 10.4 Å². The Labute approximate surface area is 93.3 Å². The van der Waals surface area contributed by atoms with Crippen molar-refractivity contribution in [3.63, 3.8) is 0 Å². The highest BCUT2D eigenvalue weighted by Gasteiger charge is 2.31. The zero-order chi connectivity index (χ0) is 11.5. The van der Waals surface area contributed by atoms with E-state index in [2.05, 4.69) is 5.32 Å². The standard InChI is InChI=1S/C12H14FNO2/c13-9-5-1-2-6-10(9)14-12(16)8-4-3-7-11(8)15/h1-2,5-6,8,11,15H,3-4,7H2,(H,14,16). The third kappa shape index (κ3) is 2.22. The number of carbonyl (C=O) groups is 1. The molecule has 3 nitrogen and oxygen atoms in total. The van der Waals surface area contributed by atoms with Gasteiger partial charge in [-0.15, -0.1) is 0 Å². The summed E-state index contributed by atoms with van der Waals surface area (Å²) in [6.45, 7) is 0. The SMILES string of the molecule is O=C(Nc1ccccc1F)C1CCCC1O. The average molecular weight is 223 g/mol. The molecule has 0 aliphatic heterocycles. The van der Waals surface area contributed by atoms with Gasteiger partial charge >= 0.3 is 0 Å². The van der Waals surface area contributed by atoms with E-state index in [0.717, 1.165) is 6.42 Å². The lowest BCUT2D eigenvalue weighted by Crippen LogP contribution is -2.28. The molecule has 2 N–H and O–H groups in total. The lowest BCUT2D eigenvalue weighted by Gasteiger charge is -2.14. The van der Waals surface area contributed by atoms with E-state index in [1.807, 2.05) is 0 Å². The molecule has 0 spiro atoms. The molecule has 1 aromatic rings. The lowest BCUT2D eigenvalue weighted by molar-refractivity contribution is -0.122. The molecular weight excluding hydrogens is 209 g/mol. The third-order valence-corrected chi connectivity index (χ3v) is 2.95. The molecule has 4 heteroatoms. The number of rotatable bonds is 2. The molecule has 1 aromatic carbocycles. The number of benzene rings is 1. The molecule has 1 saturated carbocycles. The van der Waals surface area contributed by atoms with Crippen molar-refractivity contribution in [1.82, 2.24) is 0 Å². The fourth-order valence-corrected chi connectivity index (χ4v) is 2.03. The molecule has 0 heterocycles. The molecule has 0 saturated heterocycles. The molecule has 2 unspecified atom stereocenters. The number of nitrogens with one attached hydrogen (secondary N) is 1. The minimum atomic E-state index is -0.591. The van der Waals surface area contributed by atoms with Gasteiger partial charge in [0.25, 0.3) is 0 Å². The number of aliphatic hydroxyl groups is 1. The number of carbonyl (C=O) groups excluding carboxylic acids is 1. The molecule has 2 rings (SSSR count). The first-order valence-corrected chi connectivity index (χ1v) is 5.42. The molecule has 0 radical (unpaired) electrons. The largest absolute Gasteiger partial charge is 0.392 e. The van der Waals surface area contributed by atoms with Crippen molar-refractivity contribution in [2.24, 2.45) is 5.92 Å². The minimum absolute atomic E-state index is 0.173. The van der Waals surface area contributed by atoms with Crippen molar-refractivity contribution in [2.45, 2.75) is 25.4 Å². The van der Waals surface area contributed by atoms with Gasteiger partial charge in [0.05, 0.1) is 17.7 Å². The van der Waals surface area contributed by atoms with Gasteiger partial charge in [0.15, 0.2) is 0 Å². The van der Waals surface area contributed by atoms with Crippen LogP contribution in [0.3, 0.4) is 0 Å². The minimum Gasteiger partial charge on any atom is -0.392 e. The maximum atomic E-state index is 13.3. The molecule has 1 aliphatic rings. The third-order valence-electron chi connectivity index (χ3n) is 2.95. The van der Waals surface area contributed by atoms with Crippen LogP contribution in [0.5, 0.6) is 0 Å². The first-order chi connectivity index (χ1) is 7.68. The molecule has 2 atom stereocenters. The van der Waals surface area contributed by atoms with Crippen molar-refractivity contribution in [3.8, 4) is 0 Å². The van der Waals surface area contributed by atoms with Gasteiger partial charge in [-0.3, -0.25) is 4.79 Å². The van der Waals surface area contributed by atoms with E-state index >= 15 is 0 Å². The number of hydrogen-bond donors (Lipinski definition) is 2. The first-order valence-electron chi connectivity index (χ1n) is 5.42. The molecule has 1 fully saturated rings. The van der Waals surface area contributed by atoms with Crippen LogP contribution in [0.25, 0.3) is 0 Å². The summed E-state index contributed by atoms with van der Waals surface area (Å²) in [5, 5.41) is 12.1. The van der Waals surface area contributed by atoms with Crippen LogP contribution in [0.4, 0.5) is 10.1 Å². The fraction of sp³-hybridized carbons (Fsp3) is 0.417. The molecule has 1 amide bonds. The normalized spacial score (nSPS) is 24.4. The highest BCUT2D eigenvalue weighted by molar-refractivity contribution is 5.93. The number of amides is 1. The fourth-order valence-electron chi connectivity index (χ4n) is 2.03. The molecule has 1 aliphatic carbocycles. The Morgan fingerprint density at radius 1 is 1.38 bits per heavy atom. The van der Waals surface area contributed by atoms with E-state index < -0.39 is 17.8 Å². The van der Waals surface area contributed by atoms with Crippen molar-refractivity contribution < 1.29 is 14.3 Å². The molecule has 16 heavy (non-hydrogen) atoms. The summed E-state index contributed by atoms with van der Waals surface area (Å²) in [4.78, 5) is 11.7. The second kappa shape index (κ2) is 4.61. The van der Waals surface area contributed by atoms with Gasteiger partial charge in [-0.1, -0.05) is 12.1 Å². The van der Waals surface area contributed by atoms with Crippen molar-refractivity contribution in [3.05, 3.63) is 30.1 Å². The number of aliphatic hydroxyl groups excluding tert-OH is 1. The summed E-state index contributed by atoms with van der Waals surface area (Å²) in [6, 6.07) is 6.02. The number of para-hydroxylation sites is 1. The molecule has 0 bridgehead atoms. The van der Waals surface area contributed by atoms with Crippen LogP contribution in [0.2, 0.25) is 0 Å². The van der Waals surface area contributed by atoms with Gasteiger partial charge in [-0.25, -0.2) is 4.39 Å². The Bertz CT molecular complexity index is 394. The summed E-state index contributed by atoms with van der Waals surface area (Å²) in [5.41, 5.74) is 0.173. The van der Waals surface area contributed by atoms with Crippen LogP contribution in [0, 0.1) is 11.7 Å². The summed E-state index contributed by atoms with van der Waals surface area (Å²) < 4.78 is 13.3. The predicted molar refractivity (Wildman–Crippen MR) is 58.4 cm³/mol. The Balaban J connectivity index is 2.05. The topological polar surface area (TPSA) is 49.3 Å². The van der Waals surface area contributed by atoms with E-state index in [1.165, 1.54) is 12.1 Å². The van der Waals surface area contributed by atoms with Gasteiger partial charge in [0.1, 0.15) is 5.82 Å². The second-order valence-electron chi connectivity index (χ2n) is 4.07. The van der Waals surface area contributed by atoms with Gasteiger partial charge in [0, 0.05) is 0 Å². The monoisotopic (exact) mass is 223 g/mol. The highest BCUT2D eigenvalue weighted by Crippen LogP contribution is 2.27. The smallest absolute Gasteiger partial charge is 0.230 e. The van der Waals surface area contributed by atoms with Gasteiger partial charge in [-0.2, -0.15) is 0 Å². The Kier molecular flexibility index (Phi) is 3.19. The maximum Gasteiger partial charge on any atom is 0.230 e. The van der Waals surface area contributed by atoms with Gasteiger partial charge in [-0.05, 0) is 31.4 Å². The van der Waals surface area contributed by atoms with Crippen molar-refractivity contribution in [1.29, 1.82) is 0 Å². The number of anilines is 1. The number of hydrogen-bond acceptors (Lipinski definition) is 2. The van der Waals surface area contributed by atoms with Crippen molar-refractivity contribution in [2.75, 3.05) is 5.32 Å². The van der Waals surface area contributed by atoms with Crippen LogP contribution < -0.4 is 5.32 Å². The lowest BCUT2D eigenvalue weighted by atomic mass is 10.1. The first kappa shape index (κ1) is 11.1. The Morgan fingerprint density at radius 2 is 2.12 bits per heavy atom. The summed E-state index contributed by atoms with van der Waals surface area (Å²) in [7, 11) is 0. The van der Waals surface area contributed by atoms with Crippen LogP contribution in [-0.4, -0.2) is 17.1 Å². The number of halogens is 1. The second-order valence-corrected chi connectivity index (χ2v) is 4.07. The van der Waals surface area contributed by atoms with Crippen LogP contribution in [0.1, 0.15) is 19.3 Å². The van der Waals surface area contributed by atoms with E-state index in [-0.39, 0.29) is 11.6 Å². The zero-order valence-electron chi connectivity index (χ0n) is 8.82. The quantitative estimate of drug-likeness (QED) is 0.804. The summed E-state index contributed by atoms with van der Waals surface area (Å²) >= 11 is 0. The van der Waals surface area contributed by atoms with Crippen LogP contribution >= 0.6 is 0 Å². The predicted octanol–water partition coefficient (Wildman–Crippen LogP) is 1.93. The maximum absolute atomic E-state index is 13.3. The van der Waals surface area contributed by atoms with E-state index in [9.17, 15) is 14.3 Å².